The summed E-state index contributed by atoms with van der Waals surface area (Å²) in [5.41, 5.74) is -3.36. The Bertz CT molecular complexity index is 971. The first-order valence-corrected chi connectivity index (χ1v) is 15.2. The zero-order chi connectivity index (χ0) is 28.3. The molecule has 1 heterocycles. The third-order valence-electron chi connectivity index (χ3n) is 13.7. The van der Waals surface area contributed by atoms with Crippen LogP contribution in [0.4, 0.5) is 0 Å². The normalized spacial score (nSPS) is 54.1. The Morgan fingerprint density at radius 2 is 1.55 bits per heavy atom. The van der Waals surface area contributed by atoms with Crippen LogP contribution in [0, 0.1) is 39.4 Å². The lowest BCUT2D eigenvalue weighted by Crippen LogP contribution is -2.70. The minimum Gasteiger partial charge on any atom is -0.462 e. The number of rotatable bonds is 3. The van der Waals surface area contributed by atoms with Crippen LogP contribution in [0.5, 0.6) is 0 Å². The first-order chi connectivity index (χ1) is 17.3. The van der Waals surface area contributed by atoms with E-state index in [2.05, 4.69) is 34.6 Å². The average Bonchev–Trinajstić information content (AvgIpc) is 3.34. The summed E-state index contributed by atoms with van der Waals surface area (Å²) in [6.45, 7) is 18.8. The van der Waals surface area contributed by atoms with E-state index in [0.29, 0.717) is 31.1 Å². The molecule has 5 aliphatic rings. The highest BCUT2D eigenvalue weighted by Gasteiger charge is 2.76. The zero-order valence-electron chi connectivity index (χ0n) is 25.4. The molecule has 5 rings (SSSR count). The second-order valence-electron chi connectivity index (χ2n) is 16.2. The molecule has 1 saturated heterocycles. The first-order valence-electron chi connectivity index (χ1n) is 15.2. The molecule has 0 aromatic heterocycles. The van der Waals surface area contributed by atoms with Gasteiger partial charge in [-0.1, -0.05) is 34.6 Å². The minimum absolute atomic E-state index is 0.0303. The van der Waals surface area contributed by atoms with Crippen molar-refractivity contribution in [1.29, 1.82) is 0 Å². The molecule has 6 heteroatoms. The Morgan fingerprint density at radius 1 is 0.895 bits per heavy atom. The molecule has 218 valence electrons. The Morgan fingerprint density at radius 3 is 2.13 bits per heavy atom. The lowest BCUT2D eigenvalue weighted by atomic mass is 9.35. The van der Waals surface area contributed by atoms with E-state index in [1.165, 1.54) is 6.92 Å². The molecule has 0 spiro atoms. The molecule has 11 atom stereocenters. The van der Waals surface area contributed by atoms with Crippen molar-refractivity contribution in [2.24, 2.45) is 39.4 Å². The molecule has 38 heavy (non-hydrogen) atoms. The molecule has 0 aromatic carbocycles. The number of carbonyl (C=O) groups is 1. The smallest absolute Gasteiger partial charge is 0.302 e. The van der Waals surface area contributed by atoms with Crippen molar-refractivity contribution < 1.29 is 29.6 Å². The van der Waals surface area contributed by atoms with Gasteiger partial charge in [-0.05, 0) is 112 Å². The van der Waals surface area contributed by atoms with Gasteiger partial charge in [-0.3, -0.25) is 4.79 Å². The molecule has 0 amide bonds. The van der Waals surface area contributed by atoms with E-state index in [1.54, 1.807) is 13.8 Å². The quantitative estimate of drug-likeness (QED) is 0.420. The topological polar surface area (TPSA) is 96.2 Å². The van der Waals surface area contributed by atoms with Gasteiger partial charge >= 0.3 is 5.97 Å². The fourth-order valence-electron chi connectivity index (χ4n) is 11.3. The molecule has 0 bridgehead atoms. The molecule has 6 nitrogen and oxygen atoms in total. The van der Waals surface area contributed by atoms with Crippen molar-refractivity contribution in [3.05, 3.63) is 0 Å². The fourth-order valence-corrected chi connectivity index (χ4v) is 11.3. The van der Waals surface area contributed by atoms with Crippen LogP contribution < -0.4 is 0 Å². The van der Waals surface area contributed by atoms with Crippen LogP contribution >= 0.6 is 0 Å². The van der Waals surface area contributed by atoms with Gasteiger partial charge in [-0.15, -0.1) is 0 Å². The highest BCUT2D eigenvalue weighted by Crippen LogP contribution is 2.77. The SMILES string of the molecule is CC(=O)OC1CC2C3(C)CCC(O)C(C)(C)C3CCC2(C)C2(C)CCC(O)(C3(C)CCC(C(C)(C)O)O3)C12. The molecule has 3 N–H and O–H groups in total. The number of esters is 1. The molecular formula is C32H54O6. The number of hydrogen-bond acceptors (Lipinski definition) is 6. The number of ether oxygens (including phenoxy) is 2. The number of fused-ring (bicyclic) bond motifs is 5. The van der Waals surface area contributed by atoms with Gasteiger partial charge in [0.25, 0.3) is 0 Å². The van der Waals surface area contributed by atoms with Gasteiger partial charge in [-0.25, -0.2) is 0 Å². The Balaban J connectivity index is 1.58. The number of aliphatic hydroxyl groups excluding tert-OH is 1. The van der Waals surface area contributed by atoms with Crippen molar-refractivity contribution in [3.63, 3.8) is 0 Å². The maximum Gasteiger partial charge on any atom is 0.302 e. The summed E-state index contributed by atoms with van der Waals surface area (Å²) in [7, 11) is 0. The number of carbonyl (C=O) groups excluding carboxylic acids is 1. The third-order valence-corrected chi connectivity index (χ3v) is 13.7. The lowest BCUT2D eigenvalue weighted by Gasteiger charge is -2.71. The second kappa shape index (κ2) is 8.42. The fraction of sp³-hybridized carbons (Fsp3) is 0.969. The van der Waals surface area contributed by atoms with Crippen LogP contribution in [0.1, 0.15) is 120 Å². The van der Waals surface area contributed by atoms with Crippen LogP contribution in [0.2, 0.25) is 0 Å². The summed E-state index contributed by atoms with van der Waals surface area (Å²) < 4.78 is 12.8. The summed E-state index contributed by atoms with van der Waals surface area (Å²) in [5.74, 6) is 0.195. The third kappa shape index (κ3) is 3.61. The van der Waals surface area contributed by atoms with E-state index < -0.39 is 22.9 Å². The highest BCUT2D eigenvalue weighted by atomic mass is 16.6. The zero-order valence-corrected chi connectivity index (χ0v) is 25.4. The van der Waals surface area contributed by atoms with Gasteiger partial charge in [0.05, 0.1) is 23.4 Å². The average molecular weight is 535 g/mol. The highest BCUT2D eigenvalue weighted by molar-refractivity contribution is 5.66. The second-order valence-corrected chi connectivity index (χ2v) is 16.2. The molecular weight excluding hydrogens is 480 g/mol. The van der Waals surface area contributed by atoms with E-state index >= 15 is 0 Å². The molecule has 0 radical (unpaired) electrons. The van der Waals surface area contributed by atoms with Gasteiger partial charge in [0.15, 0.2) is 0 Å². The van der Waals surface area contributed by atoms with Gasteiger partial charge in [-0.2, -0.15) is 0 Å². The van der Waals surface area contributed by atoms with Gasteiger partial charge in [0.1, 0.15) is 11.7 Å². The van der Waals surface area contributed by atoms with E-state index in [-0.39, 0.29) is 45.8 Å². The summed E-state index contributed by atoms with van der Waals surface area (Å²) in [6, 6.07) is 0. The van der Waals surface area contributed by atoms with Gasteiger partial charge in [0.2, 0.25) is 0 Å². The molecule has 0 aromatic rings. The molecule has 4 saturated carbocycles. The maximum absolute atomic E-state index is 12.8. The van der Waals surface area contributed by atoms with Crippen LogP contribution in [0.3, 0.4) is 0 Å². The van der Waals surface area contributed by atoms with Crippen LogP contribution in [-0.4, -0.2) is 56.4 Å². The summed E-state index contributed by atoms with van der Waals surface area (Å²) in [6.07, 6.45) is 6.45. The minimum atomic E-state index is -1.16. The van der Waals surface area contributed by atoms with Gasteiger partial charge < -0.3 is 24.8 Å². The predicted molar refractivity (Wildman–Crippen MR) is 146 cm³/mol. The van der Waals surface area contributed by atoms with E-state index in [4.69, 9.17) is 9.47 Å². The summed E-state index contributed by atoms with van der Waals surface area (Å²) in [4.78, 5) is 12.5. The Labute approximate surface area is 230 Å². The van der Waals surface area contributed by atoms with Crippen LogP contribution in [-0.2, 0) is 14.3 Å². The molecule has 4 aliphatic carbocycles. The van der Waals surface area contributed by atoms with E-state index in [1.807, 2.05) is 6.92 Å². The van der Waals surface area contributed by atoms with Crippen molar-refractivity contribution in [3.8, 4) is 0 Å². The van der Waals surface area contributed by atoms with Crippen molar-refractivity contribution in [2.75, 3.05) is 0 Å². The number of aliphatic hydroxyl groups is 3. The molecule has 1 aliphatic heterocycles. The van der Waals surface area contributed by atoms with Crippen LogP contribution in [0.15, 0.2) is 0 Å². The molecule has 5 fully saturated rings. The Hall–Kier alpha value is -0.690. The van der Waals surface area contributed by atoms with Crippen LogP contribution in [0.25, 0.3) is 0 Å². The lowest BCUT2D eigenvalue weighted by molar-refractivity contribution is -0.279. The first kappa shape index (κ1) is 28.8. The molecule has 11 unspecified atom stereocenters. The summed E-state index contributed by atoms with van der Waals surface area (Å²) >= 11 is 0. The predicted octanol–water partition coefficient (Wildman–Crippen LogP) is 5.40. The Kier molecular flexibility index (Phi) is 6.39. The van der Waals surface area contributed by atoms with E-state index in [9.17, 15) is 20.1 Å². The maximum atomic E-state index is 12.8. The van der Waals surface area contributed by atoms with Crippen molar-refractivity contribution in [1.82, 2.24) is 0 Å². The van der Waals surface area contributed by atoms with Gasteiger partial charge in [0, 0.05) is 12.8 Å². The summed E-state index contributed by atoms with van der Waals surface area (Å²) in [5, 5.41) is 34.5. The monoisotopic (exact) mass is 534 g/mol. The largest absolute Gasteiger partial charge is 0.462 e. The number of hydrogen-bond donors (Lipinski definition) is 3. The standard InChI is InChI=1S/C32H54O6/c1-19(33)37-20-18-22-28(6)13-11-23(34)26(2,3)21(28)10-14-29(22,7)30(8)16-17-32(36,25(20)30)31(9)15-12-24(38-31)27(4,5)35/h20-25,34-36H,10-18H2,1-9H3. The van der Waals surface area contributed by atoms with E-state index in [0.717, 1.165) is 38.5 Å². The van der Waals surface area contributed by atoms with Crippen molar-refractivity contribution >= 4 is 5.97 Å². The van der Waals surface area contributed by atoms with Crippen molar-refractivity contribution in [2.45, 2.75) is 155 Å².